The van der Waals surface area contributed by atoms with Gasteiger partial charge in [0.1, 0.15) is 0 Å². The van der Waals surface area contributed by atoms with E-state index in [0.717, 1.165) is 32.1 Å². The molecular formula is C33H61NO3Si2. The highest BCUT2D eigenvalue weighted by molar-refractivity contribution is 6.74. The van der Waals surface area contributed by atoms with Crippen molar-refractivity contribution in [2.45, 2.75) is 147 Å². The van der Waals surface area contributed by atoms with Gasteiger partial charge < -0.3 is 19.3 Å². The molecule has 0 radical (unpaired) electrons. The van der Waals surface area contributed by atoms with Crippen LogP contribution < -0.4 is 5.73 Å². The van der Waals surface area contributed by atoms with Crippen molar-refractivity contribution < 1.29 is 13.6 Å². The van der Waals surface area contributed by atoms with E-state index in [9.17, 15) is 0 Å². The Morgan fingerprint density at radius 3 is 1.92 bits per heavy atom. The summed E-state index contributed by atoms with van der Waals surface area (Å²) < 4.78 is 20.9. The average molecular weight is 576 g/mol. The molecule has 0 aromatic heterocycles. The molecule has 6 heteroatoms. The van der Waals surface area contributed by atoms with E-state index in [2.05, 4.69) is 92.0 Å². The van der Waals surface area contributed by atoms with E-state index in [1.54, 1.807) is 5.57 Å². The van der Waals surface area contributed by atoms with Gasteiger partial charge in [-0.3, -0.25) is 0 Å². The Morgan fingerprint density at radius 2 is 1.49 bits per heavy atom. The smallest absolute Gasteiger partial charge is 0.192 e. The molecule has 0 aromatic carbocycles. The lowest BCUT2D eigenvalue weighted by Gasteiger charge is -2.48. The lowest BCUT2D eigenvalue weighted by Crippen LogP contribution is -2.53. The summed E-state index contributed by atoms with van der Waals surface area (Å²) in [6, 6.07) is 0. The molecule has 1 aliphatic carbocycles. The van der Waals surface area contributed by atoms with E-state index in [-0.39, 0.29) is 21.3 Å². The summed E-state index contributed by atoms with van der Waals surface area (Å²) in [5.74, 6) is 0.430. The van der Waals surface area contributed by atoms with Gasteiger partial charge in [-0.2, -0.15) is 0 Å². The highest BCUT2D eigenvalue weighted by Gasteiger charge is 2.57. The Bertz CT molecular complexity index is 878. The quantitative estimate of drug-likeness (QED) is 0.152. The summed E-state index contributed by atoms with van der Waals surface area (Å²) >= 11 is 0. The number of nitrogens with two attached hydrogens (primary N) is 1. The number of rotatable bonds is 11. The Morgan fingerprint density at radius 1 is 0.949 bits per heavy atom. The van der Waals surface area contributed by atoms with E-state index in [0.29, 0.717) is 25.7 Å². The van der Waals surface area contributed by atoms with Crippen LogP contribution in [0.3, 0.4) is 0 Å². The van der Waals surface area contributed by atoms with Crippen LogP contribution in [0.4, 0.5) is 0 Å². The van der Waals surface area contributed by atoms with Gasteiger partial charge in [-0.15, -0.1) is 0 Å². The molecule has 3 atom stereocenters. The molecule has 2 heterocycles. The molecule has 0 aromatic rings. The van der Waals surface area contributed by atoms with Crippen LogP contribution in [0.5, 0.6) is 0 Å². The molecule has 0 amide bonds. The molecule has 0 spiro atoms. The van der Waals surface area contributed by atoms with Crippen molar-refractivity contribution >= 4 is 16.6 Å². The fourth-order valence-electron chi connectivity index (χ4n) is 5.80. The Labute approximate surface area is 243 Å². The van der Waals surface area contributed by atoms with Crippen LogP contribution in [-0.2, 0) is 13.6 Å². The number of hydrogen-bond acceptors (Lipinski definition) is 4. The second-order valence-corrected chi connectivity index (χ2v) is 25.4. The first-order valence-electron chi connectivity index (χ1n) is 15.7. The van der Waals surface area contributed by atoms with Crippen LogP contribution in [-0.4, -0.2) is 47.6 Å². The van der Waals surface area contributed by atoms with Crippen molar-refractivity contribution in [3.8, 4) is 0 Å². The van der Waals surface area contributed by atoms with Gasteiger partial charge in [-0.1, -0.05) is 71.4 Å². The molecule has 3 rings (SSSR count). The van der Waals surface area contributed by atoms with Crippen molar-refractivity contribution in [1.82, 2.24) is 0 Å². The second-order valence-electron chi connectivity index (χ2n) is 15.8. The van der Waals surface area contributed by atoms with Crippen molar-refractivity contribution in [3.63, 3.8) is 0 Å². The normalized spacial score (nSPS) is 29.3. The predicted molar refractivity (Wildman–Crippen MR) is 172 cm³/mol. The molecular weight excluding hydrogens is 515 g/mol. The topological polar surface area (TPSA) is 53.7 Å². The number of hydrogen-bond donors (Lipinski definition) is 1. The molecule has 2 saturated heterocycles. The van der Waals surface area contributed by atoms with Crippen LogP contribution >= 0.6 is 0 Å². The minimum Gasteiger partial charge on any atom is -0.414 e. The maximum atomic E-state index is 7.18. The minimum atomic E-state index is -1.90. The summed E-state index contributed by atoms with van der Waals surface area (Å²) in [7, 11) is -3.79. The van der Waals surface area contributed by atoms with E-state index in [1.165, 1.54) is 31.3 Å². The zero-order valence-electron chi connectivity index (χ0n) is 27.2. The van der Waals surface area contributed by atoms with Crippen LogP contribution in [0.2, 0.25) is 36.3 Å². The van der Waals surface area contributed by atoms with Gasteiger partial charge in [-0.25, -0.2) is 0 Å². The minimum absolute atomic E-state index is 0.182. The van der Waals surface area contributed by atoms with E-state index in [4.69, 9.17) is 19.3 Å². The monoisotopic (exact) mass is 575 g/mol. The standard InChI is InChI=1S/C33H61NO3Si2/c1-30(2,3)38(7,8)35-25-32-20-21-33(37-32,26-36-39(9,10)31(4,5)6)24-29(23-32)28(17-14-22-34)19-18-27-15-12-11-13-16-27/h14-15,17,19,29H,11-13,16,18,20-26,34H2,1-10H3/b17-14-,28-19+/t29?,32-,33+. The van der Waals surface area contributed by atoms with E-state index in [1.807, 2.05) is 0 Å². The zero-order chi connectivity index (χ0) is 29.2. The summed E-state index contributed by atoms with van der Waals surface area (Å²) in [6.45, 7) is 25.4. The fraction of sp³-hybridized carbons (Fsp3) is 0.818. The molecule has 39 heavy (non-hydrogen) atoms. The highest BCUT2D eigenvalue weighted by Crippen LogP contribution is 2.54. The van der Waals surface area contributed by atoms with E-state index < -0.39 is 16.6 Å². The lowest BCUT2D eigenvalue weighted by molar-refractivity contribution is -0.178. The highest BCUT2D eigenvalue weighted by atomic mass is 28.4. The molecule has 4 nitrogen and oxygen atoms in total. The summed E-state index contributed by atoms with van der Waals surface area (Å²) in [5, 5.41) is 0.364. The molecule has 1 unspecified atom stereocenters. The van der Waals surface area contributed by atoms with Crippen molar-refractivity contribution in [1.29, 1.82) is 0 Å². The van der Waals surface area contributed by atoms with Crippen LogP contribution in [0.1, 0.15) is 99.3 Å². The summed E-state index contributed by atoms with van der Waals surface area (Å²) in [5.41, 5.74) is 8.51. The molecule has 2 fully saturated rings. The first-order chi connectivity index (χ1) is 17.9. The van der Waals surface area contributed by atoms with Gasteiger partial charge >= 0.3 is 0 Å². The van der Waals surface area contributed by atoms with Crippen LogP contribution in [0.15, 0.2) is 35.5 Å². The van der Waals surface area contributed by atoms with Crippen molar-refractivity contribution in [2.75, 3.05) is 19.8 Å². The summed E-state index contributed by atoms with van der Waals surface area (Å²) in [6.07, 6.45) is 19.8. The first kappa shape index (κ1) is 33.0. The first-order valence-corrected chi connectivity index (χ1v) is 21.5. The number of ether oxygens (including phenoxy) is 1. The molecule has 2 aliphatic heterocycles. The molecule has 0 saturated carbocycles. The van der Waals surface area contributed by atoms with Gasteiger partial charge in [0, 0.05) is 6.54 Å². The molecule has 224 valence electrons. The maximum Gasteiger partial charge on any atom is 0.192 e. The Kier molecular flexibility index (Phi) is 10.5. The van der Waals surface area contributed by atoms with Crippen molar-refractivity contribution in [3.05, 3.63) is 35.5 Å². The van der Waals surface area contributed by atoms with Gasteiger partial charge in [0.2, 0.25) is 0 Å². The van der Waals surface area contributed by atoms with Gasteiger partial charge in [0.15, 0.2) is 16.6 Å². The third-order valence-electron chi connectivity index (χ3n) is 10.6. The largest absolute Gasteiger partial charge is 0.414 e. The summed E-state index contributed by atoms with van der Waals surface area (Å²) in [4.78, 5) is 0. The van der Waals surface area contributed by atoms with E-state index >= 15 is 0 Å². The third-order valence-corrected chi connectivity index (χ3v) is 19.6. The molecule has 3 aliphatic rings. The van der Waals surface area contributed by atoms with Crippen LogP contribution in [0.25, 0.3) is 0 Å². The van der Waals surface area contributed by atoms with Gasteiger partial charge in [0.25, 0.3) is 0 Å². The Balaban J connectivity index is 1.91. The van der Waals surface area contributed by atoms with Gasteiger partial charge in [0.05, 0.1) is 24.4 Å². The van der Waals surface area contributed by atoms with Crippen molar-refractivity contribution in [2.24, 2.45) is 11.7 Å². The SMILES string of the molecule is CC(C)(C)[Si](C)(C)OC[C@@]12CC[C@@](CO[Si](C)(C)C(C)(C)C)(CC(C(/C=C\CN)=C/CC3=CCCCC3)C1)O2. The third kappa shape index (κ3) is 8.29. The number of allylic oxidation sites excluding steroid dienone is 5. The predicted octanol–water partition coefficient (Wildman–Crippen LogP) is 9.06. The maximum absolute atomic E-state index is 7.18. The number of fused-ring (bicyclic) bond motifs is 2. The average Bonchev–Trinajstić information content (AvgIpc) is 3.12. The molecule has 2 N–H and O–H groups in total. The second kappa shape index (κ2) is 12.4. The lowest BCUT2D eigenvalue weighted by atomic mass is 9.78. The zero-order valence-corrected chi connectivity index (χ0v) is 29.2. The van der Waals surface area contributed by atoms with Crippen LogP contribution in [0, 0.1) is 5.92 Å². The Hall–Kier alpha value is -0.506. The molecule has 2 bridgehead atoms. The fourth-order valence-corrected chi connectivity index (χ4v) is 7.92. The van der Waals surface area contributed by atoms with Gasteiger partial charge in [-0.05, 0) is 106 Å².